The average molecular weight is 406 g/mol. The zero-order valence-corrected chi connectivity index (χ0v) is 16.4. The first-order chi connectivity index (χ1) is 13.1. The summed E-state index contributed by atoms with van der Waals surface area (Å²) in [7, 11) is 0. The third-order valence-corrected chi connectivity index (χ3v) is 4.91. The molecule has 1 aliphatic carbocycles. The van der Waals surface area contributed by atoms with Crippen LogP contribution in [0.4, 0.5) is 15.8 Å². The van der Waals surface area contributed by atoms with E-state index in [4.69, 9.17) is 5.73 Å². The molecule has 28 heavy (non-hydrogen) atoms. The van der Waals surface area contributed by atoms with Crippen molar-refractivity contribution in [2.45, 2.75) is 38.6 Å². The highest BCUT2D eigenvalue weighted by atomic mass is 35.5. The van der Waals surface area contributed by atoms with Crippen molar-refractivity contribution >= 4 is 35.6 Å². The van der Waals surface area contributed by atoms with Crippen molar-refractivity contribution in [2.24, 2.45) is 11.7 Å². The molecule has 1 saturated carbocycles. The first-order valence-corrected chi connectivity index (χ1v) is 9.27. The van der Waals surface area contributed by atoms with Gasteiger partial charge in [0.05, 0.1) is 5.69 Å². The molecule has 2 amide bonds. The number of hydrogen-bond acceptors (Lipinski definition) is 3. The summed E-state index contributed by atoms with van der Waals surface area (Å²) in [6.45, 7) is 0.407. The zero-order chi connectivity index (χ0) is 19.2. The first kappa shape index (κ1) is 21.9. The van der Waals surface area contributed by atoms with Crippen molar-refractivity contribution < 1.29 is 14.0 Å². The molecule has 2 aromatic carbocycles. The number of hydrogen-bond donors (Lipinski definition) is 3. The van der Waals surface area contributed by atoms with E-state index in [0.717, 1.165) is 37.7 Å². The van der Waals surface area contributed by atoms with Crippen molar-refractivity contribution in [3.05, 3.63) is 59.4 Å². The van der Waals surface area contributed by atoms with Gasteiger partial charge in [-0.25, -0.2) is 4.39 Å². The highest BCUT2D eigenvalue weighted by Crippen LogP contribution is 2.26. The van der Waals surface area contributed by atoms with Crippen molar-refractivity contribution in [1.29, 1.82) is 0 Å². The molecule has 3 rings (SSSR count). The van der Waals surface area contributed by atoms with E-state index in [9.17, 15) is 14.0 Å². The van der Waals surface area contributed by atoms with Gasteiger partial charge in [-0.1, -0.05) is 31.4 Å². The normalized spacial score (nSPS) is 14.1. The molecule has 0 heterocycles. The van der Waals surface area contributed by atoms with E-state index >= 15 is 0 Å². The van der Waals surface area contributed by atoms with Crippen LogP contribution in [-0.4, -0.2) is 11.8 Å². The fourth-order valence-electron chi connectivity index (χ4n) is 3.29. The monoisotopic (exact) mass is 405 g/mol. The fourth-order valence-corrected chi connectivity index (χ4v) is 3.29. The third kappa shape index (κ3) is 5.53. The molecule has 0 saturated heterocycles. The summed E-state index contributed by atoms with van der Waals surface area (Å²) in [5.74, 6) is -1.06. The fraction of sp³-hybridized carbons (Fsp3) is 0.333. The molecular formula is C21H25ClFN3O2. The Kier molecular flexibility index (Phi) is 7.96. The van der Waals surface area contributed by atoms with E-state index < -0.39 is 5.82 Å². The van der Waals surface area contributed by atoms with Gasteiger partial charge in [0.2, 0.25) is 5.91 Å². The van der Waals surface area contributed by atoms with Gasteiger partial charge in [-0.3, -0.25) is 9.59 Å². The van der Waals surface area contributed by atoms with Crippen LogP contribution in [0.1, 0.15) is 48.0 Å². The largest absolute Gasteiger partial charge is 0.326 e. The SMILES string of the molecule is Cl.NCc1ccc(C(=O)Nc2ccc(F)c(NC(=O)C3CCCCC3)c2)cc1. The second-order valence-corrected chi connectivity index (χ2v) is 6.87. The van der Waals surface area contributed by atoms with Crippen LogP contribution in [-0.2, 0) is 11.3 Å². The summed E-state index contributed by atoms with van der Waals surface area (Å²) >= 11 is 0. The second kappa shape index (κ2) is 10.2. The lowest BCUT2D eigenvalue weighted by molar-refractivity contribution is -0.120. The maximum Gasteiger partial charge on any atom is 0.255 e. The number of anilines is 2. The number of nitrogens with two attached hydrogens (primary N) is 1. The Labute approximate surface area is 170 Å². The lowest BCUT2D eigenvalue weighted by atomic mass is 9.88. The molecule has 5 nitrogen and oxygen atoms in total. The van der Waals surface area contributed by atoms with Gasteiger partial charge in [-0.15, -0.1) is 12.4 Å². The van der Waals surface area contributed by atoms with Crippen molar-refractivity contribution in [3.8, 4) is 0 Å². The van der Waals surface area contributed by atoms with E-state index in [2.05, 4.69) is 10.6 Å². The van der Waals surface area contributed by atoms with Crippen LogP contribution in [0.25, 0.3) is 0 Å². The van der Waals surface area contributed by atoms with Gasteiger partial charge in [0.1, 0.15) is 5.82 Å². The van der Waals surface area contributed by atoms with E-state index in [1.165, 1.54) is 18.2 Å². The zero-order valence-electron chi connectivity index (χ0n) is 15.5. The molecule has 0 aromatic heterocycles. The number of halogens is 2. The average Bonchev–Trinajstić information content (AvgIpc) is 2.71. The molecule has 2 aromatic rings. The molecule has 0 radical (unpaired) electrons. The van der Waals surface area contributed by atoms with Gasteiger partial charge in [0.25, 0.3) is 5.91 Å². The maximum atomic E-state index is 14.1. The Morgan fingerprint density at radius 2 is 1.68 bits per heavy atom. The summed E-state index contributed by atoms with van der Waals surface area (Å²) in [6, 6.07) is 11.1. The summed E-state index contributed by atoms with van der Waals surface area (Å²) < 4.78 is 14.1. The minimum Gasteiger partial charge on any atom is -0.326 e. The molecule has 1 aliphatic rings. The predicted octanol–water partition coefficient (Wildman–Crippen LogP) is 4.48. The standard InChI is InChI=1S/C21H24FN3O2.ClH/c22-18-11-10-17(24-20(26)16-8-6-14(13-23)7-9-16)12-19(18)25-21(27)15-4-2-1-3-5-15;/h6-12,15H,1-5,13,23H2,(H,24,26)(H,25,27);1H. The minimum absolute atomic E-state index is 0. The summed E-state index contributed by atoms with van der Waals surface area (Å²) in [5, 5.41) is 5.40. The lowest BCUT2D eigenvalue weighted by Gasteiger charge is -2.21. The number of nitrogens with one attached hydrogen (secondary N) is 2. The Morgan fingerprint density at radius 1 is 1.00 bits per heavy atom. The van der Waals surface area contributed by atoms with Crippen LogP contribution in [0.3, 0.4) is 0 Å². The van der Waals surface area contributed by atoms with Crippen LogP contribution in [0.2, 0.25) is 0 Å². The van der Waals surface area contributed by atoms with Crippen LogP contribution < -0.4 is 16.4 Å². The Balaban J connectivity index is 0.00000280. The summed E-state index contributed by atoms with van der Waals surface area (Å²) in [6.07, 6.45) is 4.87. The molecule has 0 spiro atoms. The first-order valence-electron chi connectivity index (χ1n) is 9.27. The van der Waals surface area contributed by atoms with E-state index in [1.807, 2.05) is 0 Å². The molecule has 0 bridgehead atoms. The highest BCUT2D eigenvalue weighted by Gasteiger charge is 2.22. The number of carbonyl (C=O) groups is 2. The van der Waals surface area contributed by atoms with Crippen LogP contribution in [0.5, 0.6) is 0 Å². The Morgan fingerprint density at radius 3 is 2.32 bits per heavy atom. The quantitative estimate of drug-likeness (QED) is 0.685. The van der Waals surface area contributed by atoms with Gasteiger partial charge >= 0.3 is 0 Å². The van der Waals surface area contributed by atoms with Crippen molar-refractivity contribution in [1.82, 2.24) is 0 Å². The molecule has 0 atom stereocenters. The van der Waals surface area contributed by atoms with E-state index in [1.54, 1.807) is 24.3 Å². The van der Waals surface area contributed by atoms with E-state index in [-0.39, 0.29) is 35.8 Å². The van der Waals surface area contributed by atoms with Gasteiger partial charge in [0, 0.05) is 23.7 Å². The maximum absolute atomic E-state index is 14.1. The van der Waals surface area contributed by atoms with Crippen LogP contribution in [0, 0.1) is 11.7 Å². The summed E-state index contributed by atoms with van der Waals surface area (Å²) in [4.78, 5) is 24.7. The van der Waals surface area contributed by atoms with Crippen LogP contribution >= 0.6 is 12.4 Å². The number of amides is 2. The molecule has 4 N–H and O–H groups in total. The molecule has 150 valence electrons. The van der Waals surface area contributed by atoms with Crippen LogP contribution in [0.15, 0.2) is 42.5 Å². The molecule has 0 unspecified atom stereocenters. The second-order valence-electron chi connectivity index (χ2n) is 6.87. The lowest BCUT2D eigenvalue weighted by Crippen LogP contribution is -2.25. The molecule has 0 aliphatic heterocycles. The highest BCUT2D eigenvalue weighted by molar-refractivity contribution is 6.04. The topological polar surface area (TPSA) is 84.2 Å². The van der Waals surface area contributed by atoms with Gasteiger partial charge in [-0.2, -0.15) is 0 Å². The van der Waals surface area contributed by atoms with Crippen molar-refractivity contribution in [2.75, 3.05) is 10.6 Å². The molecular weight excluding hydrogens is 381 g/mol. The Bertz CT molecular complexity index is 821. The summed E-state index contributed by atoms with van der Waals surface area (Å²) in [5.41, 5.74) is 7.47. The number of rotatable bonds is 5. The third-order valence-electron chi connectivity index (χ3n) is 4.91. The van der Waals surface area contributed by atoms with E-state index in [0.29, 0.717) is 17.8 Å². The Hall–Kier alpha value is -2.44. The van der Waals surface area contributed by atoms with Gasteiger partial charge < -0.3 is 16.4 Å². The molecule has 1 fully saturated rings. The minimum atomic E-state index is -0.524. The van der Waals surface area contributed by atoms with Crippen molar-refractivity contribution in [3.63, 3.8) is 0 Å². The number of benzene rings is 2. The number of carbonyl (C=O) groups excluding carboxylic acids is 2. The molecule has 7 heteroatoms. The predicted molar refractivity (Wildman–Crippen MR) is 111 cm³/mol. The van der Waals surface area contributed by atoms with Gasteiger partial charge in [-0.05, 0) is 48.7 Å². The van der Waals surface area contributed by atoms with Gasteiger partial charge in [0.15, 0.2) is 0 Å². The smallest absolute Gasteiger partial charge is 0.255 e.